The summed E-state index contributed by atoms with van der Waals surface area (Å²) in [4.78, 5) is 13.7. The Labute approximate surface area is 92.9 Å². The molecular weight excluding hydrogens is 206 g/mol. The van der Waals surface area contributed by atoms with E-state index < -0.39 is 5.97 Å². The first-order valence-electron chi connectivity index (χ1n) is 5.09. The second kappa shape index (κ2) is 3.89. The second-order valence-electron chi connectivity index (χ2n) is 3.87. The Morgan fingerprint density at radius 3 is 2.81 bits per heavy atom. The van der Waals surface area contributed by atoms with Gasteiger partial charge in [0.2, 0.25) is 0 Å². The Morgan fingerprint density at radius 2 is 2.19 bits per heavy atom. The van der Waals surface area contributed by atoms with Crippen LogP contribution < -0.4 is 4.74 Å². The van der Waals surface area contributed by atoms with Crippen LogP contribution in [-0.4, -0.2) is 22.2 Å². The van der Waals surface area contributed by atoms with Crippen molar-refractivity contribution in [2.45, 2.75) is 20.0 Å². The molecule has 0 aliphatic heterocycles. The van der Waals surface area contributed by atoms with Crippen LogP contribution in [0.3, 0.4) is 0 Å². The molecule has 4 heteroatoms. The molecule has 0 bridgehead atoms. The number of rotatable bonds is 3. The molecule has 1 heterocycles. The van der Waals surface area contributed by atoms with Crippen molar-refractivity contribution in [1.29, 1.82) is 0 Å². The summed E-state index contributed by atoms with van der Waals surface area (Å²) >= 11 is 0. The van der Waals surface area contributed by atoms with Gasteiger partial charge in [-0.1, -0.05) is 6.07 Å². The number of hydrogen-bond acceptors (Lipinski definition) is 2. The minimum atomic E-state index is -0.966. The van der Waals surface area contributed by atoms with Crippen molar-refractivity contribution < 1.29 is 14.6 Å². The molecule has 0 atom stereocenters. The summed E-state index contributed by atoms with van der Waals surface area (Å²) in [7, 11) is 0. The van der Waals surface area contributed by atoms with Gasteiger partial charge in [-0.2, -0.15) is 0 Å². The van der Waals surface area contributed by atoms with Gasteiger partial charge in [-0.05, 0) is 32.0 Å². The number of aromatic amines is 1. The van der Waals surface area contributed by atoms with Gasteiger partial charge in [-0.15, -0.1) is 0 Å². The van der Waals surface area contributed by atoms with Crippen LogP contribution in [0.25, 0.3) is 10.9 Å². The molecule has 4 nitrogen and oxygen atoms in total. The Morgan fingerprint density at radius 1 is 1.44 bits per heavy atom. The zero-order valence-electron chi connectivity index (χ0n) is 9.15. The third-order valence-electron chi connectivity index (χ3n) is 2.22. The number of nitrogens with one attached hydrogen (secondary N) is 1. The highest BCUT2D eigenvalue weighted by Crippen LogP contribution is 2.27. The van der Waals surface area contributed by atoms with Crippen molar-refractivity contribution in [3.05, 3.63) is 30.0 Å². The van der Waals surface area contributed by atoms with Gasteiger partial charge in [0.1, 0.15) is 11.4 Å². The van der Waals surface area contributed by atoms with E-state index in [2.05, 4.69) is 4.98 Å². The average Bonchev–Trinajstić information content (AvgIpc) is 2.61. The summed E-state index contributed by atoms with van der Waals surface area (Å²) in [6.07, 6.45) is 0.0637. The lowest BCUT2D eigenvalue weighted by Gasteiger charge is -2.10. The number of carboxylic acid groups (broad SMARTS) is 1. The van der Waals surface area contributed by atoms with Crippen LogP contribution in [0, 0.1) is 0 Å². The van der Waals surface area contributed by atoms with E-state index in [0.29, 0.717) is 5.75 Å². The lowest BCUT2D eigenvalue weighted by atomic mass is 10.2. The maximum Gasteiger partial charge on any atom is 0.352 e. The highest BCUT2D eigenvalue weighted by Gasteiger charge is 2.11. The topological polar surface area (TPSA) is 62.3 Å². The van der Waals surface area contributed by atoms with Crippen LogP contribution >= 0.6 is 0 Å². The molecule has 0 fully saturated rings. The van der Waals surface area contributed by atoms with E-state index in [1.807, 2.05) is 32.0 Å². The van der Waals surface area contributed by atoms with Gasteiger partial charge >= 0.3 is 5.97 Å². The number of aromatic carboxylic acids is 1. The average molecular weight is 219 g/mol. The molecule has 1 aromatic heterocycles. The predicted octanol–water partition coefficient (Wildman–Crippen LogP) is 2.65. The summed E-state index contributed by atoms with van der Waals surface area (Å²) in [5, 5.41) is 9.69. The number of carboxylic acids is 1. The minimum absolute atomic E-state index is 0.0637. The van der Waals surface area contributed by atoms with Crippen LogP contribution in [0.1, 0.15) is 24.3 Å². The maximum atomic E-state index is 10.8. The summed E-state index contributed by atoms with van der Waals surface area (Å²) in [6, 6.07) is 7.09. The normalized spacial score (nSPS) is 10.9. The Kier molecular flexibility index (Phi) is 2.56. The summed E-state index contributed by atoms with van der Waals surface area (Å²) in [5.41, 5.74) is 0.949. The Balaban J connectivity index is 2.54. The molecule has 0 amide bonds. The summed E-state index contributed by atoms with van der Waals surface area (Å²) < 4.78 is 5.61. The first-order chi connectivity index (χ1) is 7.58. The van der Waals surface area contributed by atoms with Crippen molar-refractivity contribution in [3.63, 3.8) is 0 Å². The predicted molar refractivity (Wildman–Crippen MR) is 61.0 cm³/mol. The van der Waals surface area contributed by atoms with Gasteiger partial charge in [0, 0.05) is 10.9 Å². The fourth-order valence-corrected chi connectivity index (χ4v) is 1.60. The minimum Gasteiger partial charge on any atom is -0.490 e. The van der Waals surface area contributed by atoms with Gasteiger partial charge in [-0.3, -0.25) is 0 Å². The van der Waals surface area contributed by atoms with E-state index in [1.54, 1.807) is 6.07 Å². The molecule has 0 saturated heterocycles. The van der Waals surface area contributed by atoms with Crippen molar-refractivity contribution in [3.8, 4) is 5.75 Å². The number of benzene rings is 1. The zero-order chi connectivity index (χ0) is 11.7. The number of carbonyl (C=O) groups is 1. The maximum absolute atomic E-state index is 10.8. The van der Waals surface area contributed by atoms with Crippen LogP contribution in [0.2, 0.25) is 0 Å². The van der Waals surface area contributed by atoms with Crippen LogP contribution in [0.4, 0.5) is 0 Å². The van der Waals surface area contributed by atoms with Crippen molar-refractivity contribution >= 4 is 16.9 Å². The molecule has 2 rings (SSSR count). The van der Waals surface area contributed by atoms with Crippen LogP contribution in [0.15, 0.2) is 24.3 Å². The third kappa shape index (κ3) is 1.86. The van der Waals surface area contributed by atoms with Gasteiger partial charge in [0.15, 0.2) is 0 Å². The van der Waals surface area contributed by atoms with E-state index in [9.17, 15) is 4.79 Å². The Bertz CT molecular complexity index is 528. The fraction of sp³-hybridized carbons (Fsp3) is 0.250. The quantitative estimate of drug-likeness (QED) is 0.834. The van der Waals surface area contributed by atoms with Crippen LogP contribution in [0.5, 0.6) is 5.75 Å². The van der Waals surface area contributed by atoms with Gasteiger partial charge in [0.05, 0.1) is 6.10 Å². The largest absolute Gasteiger partial charge is 0.490 e. The van der Waals surface area contributed by atoms with Crippen molar-refractivity contribution in [2.24, 2.45) is 0 Å². The monoisotopic (exact) mass is 219 g/mol. The van der Waals surface area contributed by atoms with Gasteiger partial charge < -0.3 is 14.8 Å². The molecule has 1 aromatic carbocycles. The standard InChI is InChI=1S/C12H13NO3/c1-7(2)16-11-5-3-4-9-8(11)6-10(13-9)12(14)15/h3-7,13H,1-2H3,(H,14,15). The van der Waals surface area contributed by atoms with Gasteiger partial charge in [-0.25, -0.2) is 4.79 Å². The van der Waals surface area contributed by atoms with Crippen LogP contribution in [-0.2, 0) is 0 Å². The van der Waals surface area contributed by atoms with E-state index >= 15 is 0 Å². The number of aromatic nitrogens is 1. The van der Waals surface area contributed by atoms with E-state index in [0.717, 1.165) is 10.9 Å². The summed E-state index contributed by atoms with van der Waals surface area (Å²) in [6.45, 7) is 3.87. The van der Waals surface area contributed by atoms with E-state index in [-0.39, 0.29) is 11.8 Å². The molecule has 0 spiro atoms. The molecule has 0 unspecified atom stereocenters. The molecule has 0 aliphatic carbocycles. The SMILES string of the molecule is CC(C)Oc1cccc2[nH]c(C(=O)O)cc12. The lowest BCUT2D eigenvalue weighted by molar-refractivity contribution is 0.0691. The zero-order valence-corrected chi connectivity index (χ0v) is 9.15. The summed E-state index contributed by atoms with van der Waals surface area (Å²) in [5.74, 6) is -0.261. The molecule has 0 saturated carbocycles. The fourth-order valence-electron chi connectivity index (χ4n) is 1.60. The van der Waals surface area contributed by atoms with Crippen molar-refractivity contribution in [1.82, 2.24) is 4.98 Å². The molecule has 0 radical (unpaired) electrons. The second-order valence-corrected chi connectivity index (χ2v) is 3.87. The molecule has 0 aliphatic rings. The number of hydrogen-bond donors (Lipinski definition) is 2. The first kappa shape index (κ1) is 10.5. The number of H-pyrrole nitrogens is 1. The van der Waals surface area contributed by atoms with Crippen molar-refractivity contribution in [2.75, 3.05) is 0 Å². The number of ether oxygens (including phenoxy) is 1. The molecular formula is C12H13NO3. The Hall–Kier alpha value is -1.97. The lowest BCUT2D eigenvalue weighted by Crippen LogP contribution is -2.05. The highest BCUT2D eigenvalue weighted by molar-refractivity contribution is 5.96. The molecule has 84 valence electrons. The van der Waals surface area contributed by atoms with E-state index in [4.69, 9.17) is 9.84 Å². The molecule has 2 N–H and O–H groups in total. The molecule has 2 aromatic rings. The van der Waals surface area contributed by atoms with Gasteiger partial charge in [0.25, 0.3) is 0 Å². The highest BCUT2D eigenvalue weighted by atomic mass is 16.5. The van der Waals surface area contributed by atoms with E-state index in [1.165, 1.54) is 0 Å². The third-order valence-corrected chi connectivity index (χ3v) is 2.22. The first-order valence-corrected chi connectivity index (χ1v) is 5.09. The smallest absolute Gasteiger partial charge is 0.352 e. The number of fused-ring (bicyclic) bond motifs is 1. The molecule has 16 heavy (non-hydrogen) atoms.